The molecule has 1 aromatic carbocycles. The number of para-hydroxylation sites is 1. The van der Waals surface area contributed by atoms with Gasteiger partial charge >= 0.3 is 0 Å². The first-order valence-corrected chi connectivity index (χ1v) is 4.00. The Morgan fingerprint density at radius 3 is 2.73 bits per heavy atom. The van der Waals surface area contributed by atoms with Crippen LogP contribution in [-0.4, -0.2) is 4.98 Å². The molecule has 0 aliphatic heterocycles. The van der Waals surface area contributed by atoms with Gasteiger partial charge in [-0.3, -0.25) is 0 Å². The lowest BCUT2D eigenvalue weighted by Crippen LogP contribution is -1.65. The van der Waals surface area contributed by atoms with E-state index in [2.05, 4.69) is 11.1 Å². The lowest BCUT2D eigenvalue weighted by molar-refractivity contribution is 1.35. The summed E-state index contributed by atoms with van der Waals surface area (Å²) in [4.78, 5) is 4.33. The fraction of sp³-hybridized carbons (Fsp3) is 0.125. The Balaban J connectivity index is 0.000000605. The molecule has 0 N–H and O–H groups in total. The molecule has 0 amide bonds. The maximum absolute atomic E-state index is 4.33. The van der Waals surface area contributed by atoms with Gasteiger partial charge in [0.25, 0.3) is 0 Å². The molecule has 0 radical (unpaired) electrons. The van der Waals surface area contributed by atoms with Crippen LogP contribution in [0.3, 0.4) is 0 Å². The highest BCUT2D eigenvalue weighted by Crippen LogP contribution is 2.19. The van der Waals surface area contributed by atoms with E-state index in [9.17, 15) is 0 Å². The quantitative estimate of drug-likeness (QED) is 0.677. The smallest absolute Gasteiger partial charge is 0.0907 e. The zero-order valence-corrected chi connectivity index (χ0v) is 8.60. The molecule has 1 aromatic heterocycles. The highest BCUT2D eigenvalue weighted by molar-refractivity contribution is 8.93. The van der Waals surface area contributed by atoms with E-state index in [4.69, 9.17) is 0 Å². The molecule has 1 heterocycles. The van der Waals surface area contributed by atoms with E-state index in [0.29, 0.717) is 0 Å². The summed E-state index contributed by atoms with van der Waals surface area (Å²) in [7, 11) is 0. The molecular weight excluding hydrogens is 222 g/mol. The molecule has 0 unspecified atom stereocenters. The maximum Gasteiger partial charge on any atom is 0.0907 e. The summed E-state index contributed by atoms with van der Waals surface area (Å²) in [5, 5.41) is 1.14. The van der Waals surface area contributed by atoms with Crippen LogP contribution < -0.4 is 0 Å². The molecule has 0 atom stereocenters. The molecule has 0 bridgehead atoms. The number of hydrogen-bond acceptors (Lipinski definition) is 2. The summed E-state index contributed by atoms with van der Waals surface area (Å²) in [6.07, 6.45) is 0. The highest BCUT2D eigenvalue weighted by Gasteiger charge is 1.95. The second-order valence-corrected chi connectivity index (χ2v) is 3.44. The first kappa shape index (κ1) is 8.68. The Morgan fingerprint density at radius 2 is 2.00 bits per heavy atom. The van der Waals surface area contributed by atoms with Gasteiger partial charge in [-0.1, -0.05) is 12.1 Å². The monoisotopic (exact) mass is 229 g/mol. The van der Waals surface area contributed by atoms with E-state index in [1.807, 2.05) is 25.1 Å². The first-order valence-electron chi connectivity index (χ1n) is 3.18. The number of halogens is 1. The number of aromatic nitrogens is 1. The van der Waals surface area contributed by atoms with Crippen molar-refractivity contribution in [2.45, 2.75) is 6.92 Å². The summed E-state index contributed by atoms with van der Waals surface area (Å²) in [5.74, 6) is 0. The molecule has 2 rings (SSSR count). The third-order valence-corrected chi connectivity index (χ3v) is 2.35. The molecule has 0 saturated heterocycles. The van der Waals surface area contributed by atoms with Gasteiger partial charge in [-0.15, -0.1) is 28.3 Å². The van der Waals surface area contributed by atoms with Crippen molar-refractivity contribution in [3.8, 4) is 0 Å². The predicted molar refractivity (Wildman–Crippen MR) is 54.7 cm³/mol. The van der Waals surface area contributed by atoms with Crippen LogP contribution in [0.2, 0.25) is 0 Å². The first-order chi connectivity index (χ1) is 4.86. The normalized spacial score (nSPS) is 9.55. The Kier molecular flexibility index (Phi) is 2.62. The lowest BCUT2D eigenvalue weighted by atomic mass is 10.3. The minimum absolute atomic E-state index is 0. The maximum atomic E-state index is 4.33. The topological polar surface area (TPSA) is 12.9 Å². The van der Waals surface area contributed by atoms with Gasteiger partial charge in [-0.25, -0.2) is 4.98 Å². The van der Waals surface area contributed by atoms with Crippen molar-refractivity contribution in [2.75, 3.05) is 0 Å². The standard InChI is InChI=1S/C8H7NS.BrH/c1-6-9-7-4-2-3-5-8(7)10-6;/h2-5H,1H3;1H. The van der Waals surface area contributed by atoms with E-state index < -0.39 is 0 Å². The zero-order valence-electron chi connectivity index (χ0n) is 6.07. The summed E-state index contributed by atoms with van der Waals surface area (Å²) >= 11 is 1.74. The molecule has 58 valence electrons. The van der Waals surface area contributed by atoms with E-state index in [0.717, 1.165) is 10.5 Å². The summed E-state index contributed by atoms with van der Waals surface area (Å²) in [5.41, 5.74) is 1.12. The zero-order chi connectivity index (χ0) is 6.97. The second kappa shape index (κ2) is 3.32. The minimum atomic E-state index is 0. The van der Waals surface area contributed by atoms with Crippen LogP contribution >= 0.6 is 28.3 Å². The molecule has 0 fully saturated rings. The van der Waals surface area contributed by atoms with Crippen molar-refractivity contribution in [1.29, 1.82) is 0 Å². The van der Waals surface area contributed by atoms with Crippen molar-refractivity contribution >= 4 is 38.5 Å². The summed E-state index contributed by atoms with van der Waals surface area (Å²) in [6.45, 7) is 2.03. The molecule has 1 nitrogen and oxygen atoms in total. The summed E-state index contributed by atoms with van der Waals surface area (Å²) < 4.78 is 1.28. The number of hydrogen-bond donors (Lipinski definition) is 0. The SMILES string of the molecule is Br.Cc1nc2ccccc2s1. The molecule has 0 aliphatic rings. The number of thiazole rings is 1. The van der Waals surface area contributed by atoms with Crippen molar-refractivity contribution in [3.63, 3.8) is 0 Å². The third kappa shape index (κ3) is 1.60. The van der Waals surface area contributed by atoms with Gasteiger partial charge in [0, 0.05) is 0 Å². The van der Waals surface area contributed by atoms with Gasteiger partial charge in [0.05, 0.1) is 15.2 Å². The van der Waals surface area contributed by atoms with Crippen LogP contribution in [0.5, 0.6) is 0 Å². The van der Waals surface area contributed by atoms with Gasteiger partial charge in [0.15, 0.2) is 0 Å². The van der Waals surface area contributed by atoms with Crippen LogP contribution in [0.4, 0.5) is 0 Å². The average molecular weight is 230 g/mol. The highest BCUT2D eigenvalue weighted by atomic mass is 79.9. The van der Waals surface area contributed by atoms with Gasteiger partial charge in [-0.05, 0) is 19.1 Å². The number of aryl methyl sites for hydroxylation is 1. The average Bonchev–Trinajstić information content (AvgIpc) is 2.27. The van der Waals surface area contributed by atoms with E-state index in [-0.39, 0.29) is 17.0 Å². The fourth-order valence-corrected chi connectivity index (χ4v) is 1.81. The molecule has 2 aromatic rings. The van der Waals surface area contributed by atoms with Crippen LogP contribution in [0.1, 0.15) is 5.01 Å². The molecular formula is C8H8BrNS. The minimum Gasteiger partial charge on any atom is -0.242 e. The fourth-order valence-electron chi connectivity index (χ4n) is 0.987. The molecule has 0 spiro atoms. The number of fused-ring (bicyclic) bond motifs is 1. The molecule has 3 heteroatoms. The predicted octanol–water partition coefficient (Wildman–Crippen LogP) is 3.18. The second-order valence-electron chi connectivity index (χ2n) is 2.20. The van der Waals surface area contributed by atoms with Crippen LogP contribution in [-0.2, 0) is 0 Å². The number of benzene rings is 1. The Labute approximate surface area is 79.9 Å². The van der Waals surface area contributed by atoms with Gasteiger partial charge in [0.2, 0.25) is 0 Å². The van der Waals surface area contributed by atoms with Crippen molar-refractivity contribution < 1.29 is 0 Å². The van der Waals surface area contributed by atoms with Gasteiger partial charge in [-0.2, -0.15) is 0 Å². The molecule has 0 saturated carbocycles. The molecule has 0 aliphatic carbocycles. The van der Waals surface area contributed by atoms with E-state index in [1.165, 1.54) is 4.70 Å². The van der Waals surface area contributed by atoms with Gasteiger partial charge < -0.3 is 0 Å². The van der Waals surface area contributed by atoms with Crippen molar-refractivity contribution in [3.05, 3.63) is 29.3 Å². The molecule has 11 heavy (non-hydrogen) atoms. The Hall–Kier alpha value is -0.410. The van der Waals surface area contributed by atoms with Crippen molar-refractivity contribution in [1.82, 2.24) is 4.98 Å². The third-order valence-electron chi connectivity index (χ3n) is 1.40. The largest absolute Gasteiger partial charge is 0.242 e. The number of nitrogens with zero attached hydrogens (tertiary/aromatic N) is 1. The summed E-state index contributed by atoms with van der Waals surface area (Å²) in [6, 6.07) is 8.19. The van der Waals surface area contributed by atoms with Crippen molar-refractivity contribution in [2.24, 2.45) is 0 Å². The Morgan fingerprint density at radius 1 is 1.27 bits per heavy atom. The number of rotatable bonds is 0. The van der Waals surface area contributed by atoms with E-state index in [1.54, 1.807) is 11.3 Å². The van der Waals surface area contributed by atoms with Crippen LogP contribution in [0.25, 0.3) is 10.2 Å². The van der Waals surface area contributed by atoms with Crippen LogP contribution in [0.15, 0.2) is 24.3 Å². The van der Waals surface area contributed by atoms with E-state index >= 15 is 0 Å². The lowest BCUT2D eigenvalue weighted by Gasteiger charge is -1.80. The van der Waals surface area contributed by atoms with Gasteiger partial charge in [0.1, 0.15) is 0 Å². The van der Waals surface area contributed by atoms with Crippen LogP contribution in [0, 0.1) is 6.92 Å². The Bertz CT molecular complexity index is 323.